The molecule has 108 valence electrons. The Morgan fingerprint density at radius 3 is 1.64 bits per heavy atom. The van der Waals surface area contributed by atoms with E-state index in [-0.39, 0.29) is 3.03 Å². The van der Waals surface area contributed by atoms with Crippen molar-refractivity contribution in [3.8, 4) is 0 Å². The van der Waals surface area contributed by atoms with Crippen LogP contribution >= 0.6 is 0 Å². The summed E-state index contributed by atoms with van der Waals surface area (Å²) in [4.78, 5) is 0. The van der Waals surface area contributed by atoms with Crippen molar-refractivity contribution in [2.45, 2.75) is 16.5 Å². The van der Waals surface area contributed by atoms with E-state index in [2.05, 4.69) is 85.9 Å². The first-order valence-corrected chi connectivity index (χ1v) is 21.4. The van der Waals surface area contributed by atoms with E-state index in [4.69, 9.17) is 0 Å². The van der Waals surface area contributed by atoms with Crippen LogP contribution in [-0.4, -0.2) is 3.03 Å². The van der Waals surface area contributed by atoms with Gasteiger partial charge in [0.05, 0.1) is 0 Å². The SMILES string of the molecule is C[Si](C)=[Th]([CH]1C=Cc2ccccc21)[CH]1C=Cc2ccccc21. The van der Waals surface area contributed by atoms with Crippen LogP contribution in [0.15, 0.2) is 60.7 Å². The van der Waals surface area contributed by atoms with Gasteiger partial charge in [0, 0.05) is 0 Å². The van der Waals surface area contributed by atoms with Crippen molar-refractivity contribution in [1.29, 1.82) is 0 Å². The van der Waals surface area contributed by atoms with Gasteiger partial charge in [-0.05, 0) is 0 Å². The summed E-state index contributed by atoms with van der Waals surface area (Å²) in [5.74, 6) is 0. The van der Waals surface area contributed by atoms with Crippen LogP contribution in [0.5, 0.6) is 0 Å². The van der Waals surface area contributed by atoms with Gasteiger partial charge >= 0.3 is 147 Å². The Hall–Kier alpha value is -0.538. The molecule has 0 aromatic heterocycles. The normalized spacial score (nSPS) is 20.8. The summed E-state index contributed by atoms with van der Waals surface area (Å²) in [6, 6.07) is 18.1. The Morgan fingerprint density at radius 2 is 1.18 bits per heavy atom. The molecule has 2 aromatic carbocycles. The molecular weight excluding hydrogens is 500 g/mol. The quantitative estimate of drug-likeness (QED) is 0.466. The first kappa shape index (κ1) is 15.0. The van der Waals surface area contributed by atoms with Gasteiger partial charge < -0.3 is 0 Å². The van der Waals surface area contributed by atoms with Crippen molar-refractivity contribution >= 4 is 15.2 Å². The van der Waals surface area contributed by atoms with Crippen molar-refractivity contribution in [2.75, 3.05) is 0 Å². The van der Waals surface area contributed by atoms with Crippen LogP contribution in [0.2, 0.25) is 13.1 Å². The monoisotopic (exact) mass is 520 g/mol. The summed E-state index contributed by atoms with van der Waals surface area (Å²) in [6.07, 6.45) is 9.85. The van der Waals surface area contributed by atoms with E-state index >= 15 is 0 Å². The molecule has 0 saturated carbocycles. The predicted octanol–water partition coefficient (Wildman–Crippen LogP) is 5.39. The topological polar surface area (TPSA) is 0 Å². The van der Waals surface area contributed by atoms with Gasteiger partial charge in [0.25, 0.3) is 0 Å². The van der Waals surface area contributed by atoms with Gasteiger partial charge in [-0.25, -0.2) is 0 Å². The molecule has 2 unspecified atom stereocenters. The molecule has 0 heterocycles. The van der Waals surface area contributed by atoms with Crippen LogP contribution in [0.25, 0.3) is 12.2 Å². The molecule has 22 heavy (non-hydrogen) atoms. The molecule has 0 nitrogen and oxygen atoms in total. The third-order valence-corrected chi connectivity index (χ3v) is 35.6. The zero-order valence-corrected chi connectivity index (χ0v) is 18.2. The molecule has 4 rings (SSSR count). The van der Waals surface area contributed by atoms with Crippen molar-refractivity contribution in [2.24, 2.45) is 0 Å². The second kappa shape index (κ2) is 6.16. The molecule has 2 aromatic rings. The number of benzene rings is 2. The first-order valence-electron chi connectivity index (χ1n) is 7.97. The Balaban J connectivity index is 1.82. The van der Waals surface area contributed by atoms with E-state index in [1.807, 2.05) is 0 Å². The van der Waals surface area contributed by atoms with E-state index in [0.717, 1.165) is 3.40 Å². The predicted molar refractivity (Wildman–Crippen MR) is 93.9 cm³/mol. The minimum absolute atomic E-state index is 0.202. The van der Waals surface area contributed by atoms with E-state index in [1.165, 1.54) is 11.1 Å². The zero-order valence-electron chi connectivity index (χ0n) is 13.1. The Kier molecular flexibility index (Phi) is 4.21. The molecule has 0 N–H and O–H groups in total. The van der Waals surface area contributed by atoms with Crippen molar-refractivity contribution in [3.63, 3.8) is 0 Å². The van der Waals surface area contributed by atoms with Crippen LogP contribution in [0.1, 0.15) is 25.6 Å². The molecule has 0 spiro atoms. The van der Waals surface area contributed by atoms with Gasteiger partial charge in [0.15, 0.2) is 0 Å². The number of hydrogen-bond acceptors (Lipinski definition) is 0. The summed E-state index contributed by atoms with van der Waals surface area (Å²) in [5, 5.41) is 0. The van der Waals surface area contributed by atoms with Gasteiger partial charge in [-0.3, -0.25) is 0 Å². The van der Waals surface area contributed by atoms with Crippen molar-refractivity contribution < 1.29 is 32.1 Å². The van der Waals surface area contributed by atoms with Crippen molar-refractivity contribution in [1.82, 2.24) is 0 Å². The molecule has 2 atom stereocenters. The van der Waals surface area contributed by atoms with Crippen LogP contribution in [0, 0.1) is 32.1 Å². The second-order valence-electron chi connectivity index (χ2n) is 6.39. The molecule has 2 aliphatic rings. The van der Waals surface area contributed by atoms with Crippen LogP contribution < -0.4 is 0 Å². The first-order chi connectivity index (χ1) is 10.8. The molecule has 0 amide bonds. The molecular formula is C20H20SiTh. The number of allylic oxidation sites excluding steroid dienone is 2. The van der Waals surface area contributed by atoms with Gasteiger partial charge in [-0.2, -0.15) is 0 Å². The molecule has 0 aliphatic heterocycles. The van der Waals surface area contributed by atoms with E-state index in [9.17, 15) is 0 Å². The fourth-order valence-electron chi connectivity index (χ4n) is 3.86. The molecule has 2 heteroatoms. The Bertz CT molecular complexity index is 762. The molecule has 0 fully saturated rings. The summed E-state index contributed by atoms with van der Waals surface area (Å²) < 4.78 is 1.38. The average Bonchev–Trinajstić information content (AvgIpc) is 3.13. The summed E-state index contributed by atoms with van der Waals surface area (Å²) in [6.45, 7) is 5.14. The summed E-state index contributed by atoms with van der Waals surface area (Å²) in [5.41, 5.74) is 6.18. The molecule has 0 saturated heterocycles. The van der Waals surface area contributed by atoms with Crippen LogP contribution in [0.3, 0.4) is 0 Å². The van der Waals surface area contributed by atoms with Gasteiger partial charge in [-0.15, -0.1) is 0 Å². The van der Waals surface area contributed by atoms with E-state index in [1.54, 1.807) is 11.1 Å². The van der Waals surface area contributed by atoms with Crippen molar-refractivity contribution in [3.05, 3.63) is 82.9 Å². The van der Waals surface area contributed by atoms with E-state index in [0.29, 0.717) is 0 Å². The standard InChI is InChI=1S/2C9H7.C2H6Si.Th/c2*1-2-5-9-7-3-6-8(9)4-1;1-3-2;/h2*1-7H;1-2H3;. The zero-order chi connectivity index (χ0) is 15.1. The summed E-state index contributed by atoms with van der Waals surface area (Å²) in [7, 11) is 0. The third-order valence-electron chi connectivity index (χ3n) is 4.85. The Labute approximate surface area is 145 Å². The maximum absolute atomic E-state index is 2.57. The number of rotatable bonds is 2. The number of fused-ring (bicyclic) bond motifs is 2. The molecule has 0 radical (unpaired) electrons. The fourth-order valence-corrected chi connectivity index (χ4v) is 34.1. The second-order valence-corrected chi connectivity index (χ2v) is 34.9. The maximum atomic E-state index is 2.57. The molecule has 0 bridgehead atoms. The van der Waals surface area contributed by atoms with E-state index < -0.39 is 32.1 Å². The van der Waals surface area contributed by atoms with Crippen LogP contribution in [0.4, 0.5) is 0 Å². The molecule has 2 aliphatic carbocycles. The number of hydrogen-bond donors (Lipinski definition) is 0. The summed E-state index contributed by atoms with van der Waals surface area (Å²) >= 11 is -1.97. The Morgan fingerprint density at radius 1 is 0.727 bits per heavy atom. The van der Waals surface area contributed by atoms with Gasteiger partial charge in [0.1, 0.15) is 0 Å². The van der Waals surface area contributed by atoms with Gasteiger partial charge in [0.2, 0.25) is 0 Å². The third kappa shape index (κ3) is 2.50. The van der Waals surface area contributed by atoms with Gasteiger partial charge in [-0.1, -0.05) is 0 Å². The van der Waals surface area contributed by atoms with Crippen LogP contribution in [-0.2, 0) is 0 Å². The fraction of sp³-hybridized carbons (Fsp3) is 0.200. The average molecular weight is 521 g/mol. The minimum atomic E-state index is -1.97.